The fourth-order valence-corrected chi connectivity index (χ4v) is 2.36. The van der Waals surface area contributed by atoms with Crippen LogP contribution in [0.25, 0.3) is 0 Å². The summed E-state index contributed by atoms with van der Waals surface area (Å²) in [5.74, 6) is 0.0524. The van der Waals surface area contributed by atoms with E-state index in [0.29, 0.717) is 0 Å². The molecule has 21 heavy (non-hydrogen) atoms. The van der Waals surface area contributed by atoms with Gasteiger partial charge in [-0.1, -0.05) is 17.7 Å². The fraction of sp³-hybridized carbons (Fsp3) is 0.0833. The summed E-state index contributed by atoms with van der Waals surface area (Å²) >= 11 is 0. The second kappa shape index (κ2) is 6.12. The van der Waals surface area contributed by atoms with E-state index in [0.717, 1.165) is 11.8 Å². The molecule has 1 aromatic heterocycles. The van der Waals surface area contributed by atoms with Crippen molar-refractivity contribution < 1.29 is 22.9 Å². The maximum atomic E-state index is 11.9. The van der Waals surface area contributed by atoms with E-state index < -0.39 is 17.1 Å². The quantitative estimate of drug-likeness (QED) is 0.394. The molecule has 0 radical (unpaired) electrons. The summed E-state index contributed by atoms with van der Waals surface area (Å²) in [5.41, 5.74) is 1.03. The minimum atomic E-state index is -3.78. The van der Waals surface area contributed by atoms with Crippen molar-refractivity contribution in [1.82, 2.24) is 4.83 Å². The summed E-state index contributed by atoms with van der Waals surface area (Å²) in [4.78, 5) is 2.09. The zero-order valence-electron chi connectivity index (χ0n) is 11.1. The molecular weight excluding hydrogens is 295 g/mol. The van der Waals surface area contributed by atoms with Crippen molar-refractivity contribution in [1.29, 1.82) is 0 Å². The first kappa shape index (κ1) is 15.3. The molecule has 0 spiro atoms. The molecule has 7 nitrogen and oxygen atoms in total. The molecular formula is C12H13BN2O5S. The highest BCUT2D eigenvalue weighted by Crippen LogP contribution is 2.09. The van der Waals surface area contributed by atoms with Gasteiger partial charge in [0.2, 0.25) is 0 Å². The molecule has 0 saturated heterocycles. The molecule has 2 aromatic rings. The highest BCUT2D eigenvalue weighted by atomic mass is 32.2. The van der Waals surface area contributed by atoms with Crippen LogP contribution in [0.1, 0.15) is 11.3 Å². The third kappa shape index (κ3) is 3.72. The first-order valence-electron chi connectivity index (χ1n) is 5.95. The summed E-state index contributed by atoms with van der Waals surface area (Å²) in [6.07, 6.45) is 2.30. The SMILES string of the molecule is Cc1ccc(S(=O)(=O)NN=Cc2occc2B(O)O)cc1. The summed E-state index contributed by atoms with van der Waals surface area (Å²) in [5, 5.41) is 21.7. The van der Waals surface area contributed by atoms with E-state index >= 15 is 0 Å². The maximum Gasteiger partial charge on any atom is 0.492 e. The Morgan fingerprint density at radius 2 is 1.90 bits per heavy atom. The number of aryl methyl sites for hydroxylation is 1. The number of hydrogen-bond acceptors (Lipinski definition) is 6. The van der Waals surface area contributed by atoms with Crippen LogP contribution in [0.5, 0.6) is 0 Å². The predicted octanol–water partition coefficient (Wildman–Crippen LogP) is -0.420. The van der Waals surface area contributed by atoms with Crippen molar-refractivity contribution in [2.45, 2.75) is 11.8 Å². The number of nitrogens with one attached hydrogen (secondary N) is 1. The van der Waals surface area contributed by atoms with E-state index in [9.17, 15) is 8.42 Å². The molecule has 0 amide bonds. The molecule has 0 aliphatic heterocycles. The number of hydrogen-bond donors (Lipinski definition) is 3. The lowest BCUT2D eigenvalue weighted by Crippen LogP contribution is -2.31. The van der Waals surface area contributed by atoms with Gasteiger partial charge in [0, 0.05) is 5.46 Å². The zero-order valence-corrected chi connectivity index (χ0v) is 11.9. The van der Waals surface area contributed by atoms with E-state index in [4.69, 9.17) is 14.5 Å². The number of rotatable bonds is 5. The molecule has 2 rings (SSSR count). The standard InChI is InChI=1S/C12H13BN2O5S/c1-9-2-4-10(5-3-9)21(18,19)15-14-8-12-11(13(16)17)6-7-20-12/h2-8,15-17H,1H3. The molecule has 1 heterocycles. The van der Waals surface area contributed by atoms with Gasteiger partial charge in [-0.3, -0.25) is 0 Å². The summed E-state index contributed by atoms with van der Waals surface area (Å²) in [6, 6.07) is 7.61. The minimum absolute atomic E-state index is 0.0524. The molecule has 110 valence electrons. The minimum Gasteiger partial charge on any atom is -0.464 e. The molecule has 0 atom stereocenters. The average molecular weight is 308 g/mol. The number of nitrogens with zero attached hydrogens (tertiary/aromatic N) is 1. The van der Waals surface area contributed by atoms with E-state index in [1.54, 1.807) is 12.1 Å². The molecule has 0 unspecified atom stereocenters. The number of benzene rings is 1. The van der Waals surface area contributed by atoms with Crippen LogP contribution in [0.2, 0.25) is 0 Å². The van der Waals surface area contributed by atoms with E-state index in [1.165, 1.54) is 24.5 Å². The third-order valence-electron chi connectivity index (χ3n) is 2.69. The summed E-state index contributed by atoms with van der Waals surface area (Å²) in [6.45, 7) is 1.85. The van der Waals surface area contributed by atoms with Gasteiger partial charge in [-0.05, 0) is 25.1 Å². The van der Waals surface area contributed by atoms with Gasteiger partial charge in [0.1, 0.15) is 5.76 Å². The van der Waals surface area contributed by atoms with Gasteiger partial charge >= 0.3 is 7.12 Å². The van der Waals surface area contributed by atoms with Crippen LogP contribution in [0, 0.1) is 6.92 Å². The van der Waals surface area contributed by atoms with Gasteiger partial charge in [-0.25, -0.2) is 0 Å². The van der Waals surface area contributed by atoms with Gasteiger partial charge in [0.05, 0.1) is 17.4 Å². The van der Waals surface area contributed by atoms with Crippen LogP contribution in [0.15, 0.2) is 51.0 Å². The molecule has 1 aromatic carbocycles. The molecule has 9 heteroatoms. The molecule has 0 fully saturated rings. The molecule has 0 aliphatic rings. The molecule has 0 bridgehead atoms. The number of sulfonamides is 1. The summed E-state index contributed by atoms with van der Waals surface area (Å²) in [7, 11) is -5.50. The molecule has 0 saturated carbocycles. The van der Waals surface area contributed by atoms with Crippen LogP contribution >= 0.6 is 0 Å². The first-order valence-corrected chi connectivity index (χ1v) is 7.43. The van der Waals surface area contributed by atoms with Crippen molar-refractivity contribution in [3.63, 3.8) is 0 Å². The van der Waals surface area contributed by atoms with Crippen LogP contribution in [0.4, 0.5) is 0 Å². The zero-order chi connectivity index (χ0) is 15.5. The Kier molecular flexibility index (Phi) is 4.46. The fourth-order valence-electron chi connectivity index (χ4n) is 1.57. The van der Waals surface area contributed by atoms with Crippen molar-refractivity contribution in [2.75, 3.05) is 0 Å². The number of furan rings is 1. The second-order valence-corrected chi connectivity index (χ2v) is 5.94. The Labute approximate surface area is 122 Å². The van der Waals surface area contributed by atoms with Crippen LogP contribution in [0.3, 0.4) is 0 Å². The van der Waals surface area contributed by atoms with Crippen molar-refractivity contribution >= 4 is 28.8 Å². The smallest absolute Gasteiger partial charge is 0.464 e. The molecule has 3 N–H and O–H groups in total. The Balaban J connectivity index is 2.13. The first-order chi connectivity index (χ1) is 9.90. The molecule has 0 aliphatic carbocycles. The van der Waals surface area contributed by atoms with Gasteiger partial charge in [0.25, 0.3) is 10.0 Å². The van der Waals surface area contributed by atoms with E-state index in [1.807, 2.05) is 11.8 Å². The predicted molar refractivity (Wildman–Crippen MR) is 77.6 cm³/mol. The summed E-state index contributed by atoms with van der Waals surface area (Å²) < 4.78 is 28.8. The lowest BCUT2D eigenvalue weighted by atomic mass is 9.80. The van der Waals surface area contributed by atoms with Gasteiger partial charge in [0.15, 0.2) is 0 Å². The van der Waals surface area contributed by atoms with Crippen LogP contribution in [-0.2, 0) is 10.0 Å². The van der Waals surface area contributed by atoms with Crippen LogP contribution in [-0.4, -0.2) is 31.8 Å². The Morgan fingerprint density at radius 1 is 1.24 bits per heavy atom. The normalized spacial score (nSPS) is 11.8. The largest absolute Gasteiger partial charge is 0.492 e. The Morgan fingerprint density at radius 3 is 2.52 bits per heavy atom. The van der Waals surface area contributed by atoms with Gasteiger partial charge in [-0.15, -0.1) is 0 Å². The lowest BCUT2D eigenvalue weighted by molar-refractivity contribution is 0.425. The van der Waals surface area contributed by atoms with E-state index in [2.05, 4.69) is 5.10 Å². The highest BCUT2D eigenvalue weighted by molar-refractivity contribution is 7.89. The maximum absolute atomic E-state index is 11.9. The van der Waals surface area contributed by atoms with Gasteiger partial charge < -0.3 is 14.5 Å². The van der Waals surface area contributed by atoms with Crippen molar-refractivity contribution in [3.8, 4) is 0 Å². The third-order valence-corrected chi connectivity index (χ3v) is 3.93. The van der Waals surface area contributed by atoms with Crippen molar-refractivity contribution in [2.24, 2.45) is 5.10 Å². The van der Waals surface area contributed by atoms with Gasteiger partial charge in [-0.2, -0.15) is 18.4 Å². The topological polar surface area (TPSA) is 112 Å². The van der Waals surface area contributed by atoms with Crippen molar-refractivity contribution in [3.05, 3.63) is 47.9 Å². The Hall–Kier alpha value is -2.10. The van der Waals surface area contributed by atoms with Crippen LogP contribution < -0.4 is 10.3 Å². The highest BCUT2D eigenvalue weighted by Gasteiger charge is 2.18. The lowest BCUT2D eigenvalue weighted by Gasteiger charge is -2.03. The van der Waals surface area contributed by atoms with E-state index in [-0.39, 0.29) is 16.1 Å². The second-order valence-electron chi connectivity index (χ2n) is 4.28. The average Bonchev–Trinajstić information content (AvgIpc) is 2.87. The monoisotopic (exact) mass is 308 g/mol. The number of hydrazone groups is 1. The Bertz CT molecular complexity index is 737.